The number of hydrogen-bond donors (Lipinski definition) is 1. The molecule has 0 aliphatic heterocycles. The maximum Gasteiger partial charge on any atom is 0.219 e. The molecule has 0 atom stereocenters. The van der Waals surface area contributed by atoms with Crippen molar-refractivity contribution in [1.29, 1.82) is 0 Å². The SMILES string of the molecule is CC.Cc1cnc(N)nc1. The molecule has 3 nitrogen and oxygen atoms in total. The van der Waals surface area contributed by atoms with E-state index in [0.717, 1.165) is 5.56 Å². The monoisotopic (exact) mass is 139 g/mol. The Bertz CT molecular complexity index is 148. The van der Waals surface area contributed by atoms with Gasteiger partial charge in [-0.15, -0.1) is 0 Å². The second kappa shape index (κ2) is 4.73. The van der Waals surface area contributed by atoms with Crippen molar-refractivity contribution in [2.45, 2.75) is 20.8 Å². The Morgan fingerprint density at radius 1 is 1.20 bits per heavy atom. The number of nitrogen functional groups attached to an aromatic ring is 1. The van der Waals surface area contributed by atoms with E-state index < -0.39 is 0 Å². The summed E-state index contributed by atoms with van der Waals surface area (Å²) in [6.45, 7) is 5.92. The van der Waals surface area contributed by atoms with E-state index in [1.54, 1.807) is 12.4 Å². The molecule has 0 bridgehead atoms. The highest BCUT2D eigenvalue weighted by molar-refractivity contribution is 5.15. The van der Waals surface area contributed by atoms with Crippen molar-refractivity contribution in [1.82, 2.24) is 9.97 Å². The van der Waals surface area contributed by atoms with Gasteiger partial charge in [0, 0.05) is 12.4 Å². The predicted molar refractivity (Wildman–Crippen MR) is 42.5 cm³/mol. The number of nitrogens with two attached hydrogens (primary N) is 1. The Labute approximate surface area is 61.3 Å². The van der Waals surface area contributed by atoms with E-state index >= 15 is 0 Å². The fraction of sp³-hybridized carbons (Fsp3) is 0.429. The van der Waals surface area contributed by atoms with Crippen molar-refractivity contribution in [3.63, 3.8) is 0 Å². The van der Waals surface area contributed by atoms with Crippen LogP contribution in [0, 0.1) is 6.92 Å². The van der Waals surface area contributed by atoms with Crippen LogP contribution in [0.3, 0.4) is 0 Å². The highest BCUT2D eigenvalue weighted by atomic mass is 15.0. The second-order valence-corrected chi connectivity index (χ2v) is 1.62. The quantitative estimate of drug-likeness (QED) is 0.591. The summed E-state index contributed by atoms with van der Waals surface area (Å²) in [4.78, 5) is 7.49. The Morgan fingerprint density at radius 2 is 1.60 bits per heavy atom. The molecule has 0 aromatic carbocycles. The Kier molecular flexibility index (Phi) is 4.20. The number of rotatable bonds is 0. The van der Waals surface area contributed by atoms with Crippen LogP contribution < -0.4 is 5.73 Å². The topological polar surface area (TPSA) is 51.8 Å². The molecule has 10 heavy (non-hydrogen) atoms. The molecule has 56 valence electrons. The third kappa shape index (κ3) is 3.02. The van der Waals surface area contributed by atoms with E-state index in [9.17, 15) is 0 Å². The van der Waals surface area contributed by atoms with Crippen molar-refractivity contribution in [3.8, 4) is 0 Å². The first kappa shape index (κ1) is 8.88. The molecule has 0 fully saturated rings. The molecule has 1 aromatic rings. The van der Waals surface area contributed by atoms with E-state index in [0.29, 0.717) is 5.95 Å². The van der Waals surface area contributed by atoms with Crippen molar-refractivity contribution >= 4 is 5.95 Å². The lowest BCUT2D eigenvalue weighted by atomic mass is 10.4. The van der Waals surface area contributed by atoms with Gasteiger partial charge in [0.25, 0.3) is 0 Å². The Hall–Kier alpha value is -1.12. The molecule has 1 aromatic heterocycles. The molecular weight excluding hydrogens is 126 g/mol. The number of nitrogens with zero attached hydrogens (tertiary/aromatic N) is 2. The summed E-state index contributed by atoms with van der Waals surface area (Å²) < 4.78 is 0. The molecule has 0 aliphatic carbocycles. The molecular formula is C7H13N3. The normalized spacial score (nSPS) is 7.90. The predicted octanol–water partition coefficient (Wildman–Crippen LogP) is 1.39. The average molecular weight is 139 g/mol. The summed E-state index contributed by atoms with van der Waals surface area (Å²) >= 11 is 0. The van der Waals surface area contributed by atoms with Gasteiger partial charge in [-0.2, -0.15) is 0 Å². The van der Waals surface area contributed by atoms with E-state index in [1.807, 2.05) is 20.8 Å². The van der Waals surface area contributed by atoms with E-state index in [-0.39, 0.29) is 0 Å². The van der Waals surface area contributed by atoms with E-state index in [2.05, 4.69) is 9.97 Å². The summed E-state index contributed by atoms with van der Waals surface area (Å²) in [5.74, 6) is 0.329. The minimum Gasteiger partial charge on any atom is -0.368 e. The first-order valence-electron chi connectivity index (χ1n) is 3.33. The Balaban J connectivity index is 0.000000371. The third-order valence-electron chi connectivity index (χ3n) is 0.801. The summed E-state index contributed by atoms with van der Waals surface area (Å²) in [6.07, 6.45) is 3.37. The first-order chi connectivity index (χ1) is 4.79. The van der Waals surface area contributed by atoms with E-state index in [1.165, 1.54) is 0 Å². The summed E-state index contributed by atoms with van der Waals surface area (Å²) in [5, 5.41) is 0. The van der Waals surface area contributed by atoms with Gasteiger partial charge < -0.3 is 5.73 Å². The molecule has 0 saturated carbocycles. The minimum atomic E-state index is 0.329. The second-order valence-electron chi connectivity index (χ2n) is 1.62. The minimum absolute atomic E-state index is 0.329. The van der Waals surface area contributed by atoms with Crippen LogP contribution in [0.25, 0.3) is 0 Å². The van der Waals surface area contributed by atoms with Gasteiger partial charge in [-0.3, -0.25) is 0 Å². The van der Waals surface area contributed by atoms with Gasteiger partial charge in [0.05, 0.1) is 0 Å². The van der Waals surface area contributed by atoms with Crippen molar-refractivity contribution in [3.05, 3.63) is 18.0 Å². The molecule has 3 heteroatoms. The highest BCUT2D eigenvalue weighted by Gasteiger charge is 1.83. The summed E-state index contributed by atoms with van der Waals surface area (Å²) in [5.41, 5.74) is 6.23. The number of hydrogen-bond acceptors (Lipinski definition) is 3. The Morgan fingerprint density at radius 3 is 1.90 bits per heavy atom. The molecule has 0 amide bonds. The molecule has 1 rings (SSSR count). The average Bonchev–Trinajstić information content (AvgIpc) is 2.00. The van der Waals surface area contributed by atoms with Gasteiger partial charge in [0.2, 0.25) is 5.95 Å². The molecule has 0 saturated heterocycles. The molecule has 1 heterocycles. The number of aryl methyl sites for hydroxylation is 1. The zero-order chi connectivity index (χ0) is 7.98. The highest BCUT2D eigenvalue weighted by Crippen LogP contribution is 1.91. The fourth-order valence-electron chi connectivity index (χ4n) is 0.403. The summed E-state index contributed by atoms with van der Waals surface area (Å²) in [7, 11) is 0. The number of anilines is 1. The molecule has 2 N–H and O–H groups in total. The van der Waals surface area contributed by atoms with Gasteiger partial charge in [0.1, 0.15) is 0 Å². The fourth-order valence-corrected chi connectivity index (χ4v) is 0.403. The van der Waals surface area contributed by atoms with Crippen LogP contribution in [-0.2, 0) is 0 Å². The third-order valence-corrected chi connectivity index (χ3v) is 0.801. The lowest BCUT2D eigenvalue weighted by molar-refractivity contribution is 1.15. The largest absolute Gasteiger partial charge is 0.368 e. The van der Waals surface area contributed by atoms with Crippen molar-refractivity contribution in [2.24, 2.45) is 0 Å². The van der Waals surface area contributed by atoms with Crippen LogP contribution in [0.5, 0.6) is 0 Å². The zero-order valence-electron chi connectivity index (χ0n) is 6.63. The van der Waals surface area contributed by atoms with Gasteiger partial charge in [0.15, 0.2) is 0 Å². The van der Waals surface area contributed by atoms with Crippen LogP contribution in [0.2, 0.25) is 0 Å². The standard InChI is InChI=1S/C5H7N3.C2H6/c1-4-2-7-5(6)8-3-4;1-2/h2-3H,1H3,(H2,6,7,8);1-2H3. The molecule has 0 unspecified atom stereocenters. The van der Waals surface area contributed by atoms with Crippen LogP contribution in [0.1, 0.15) is 19.4 Å². The zero-order valence-corrected chi connectivity index (χ0v) is 6.63. The molecule has 0 spiro atoms. The first-order valence-corrected chi connectivity index (χ1v) is 3.33. The van der Waals surface area contributed by atoms with E-state index in [4.69, 9.17) is 5.73 Å². The van der Waals surface area contributed by atoms with Gasteiger partial charge in [-0.1, -0.05) is 13.8 Å². The van der Waals surface area contributed by atoms with Crippen molar-refractivity contribution < 1.29 is 0 Å². The molecule has 0 aliphatic rings. The molecule has 0 radical (unpaired) electrons. The number of aromatic nitrogens is 2. The van der Waals surface area contributed by atoms with Gasteiger partial charge in [-0.05, 0) is 12.5 Å². The van der Waals surface area contributed by atoms with Crippen LogP contribution in [0.15, 0.2) is 12.4 Å². The maximum absolute atomic E-state index is 5.20. The smallest absolute Gasteiger partial charge is 0.219 e. The van der Waals surface area contributed by atoms with Gasteiger partial charge >= 0.3 is 0 Å². The van der Waals surface area contributed by atoms with Crippen LogP contribution in [0.4, 0.5) is 5.95 Å². The lowest BCUT2D eigenvalue weighted by Crippen LogP contribution is -1.92. The summed E-state index contributed by atoms with van der Waals surface area (Å²) in [6, 6.07) is 0. The van der Waals surface area contributed by atoms with Crippen LogP contribution >= 0.6 is 0 Å². The van der Waals surface area contributed by atoms with Crippen LogP contribution in [-0.4, -0.2) is 9.97 Å². The van der Waals surface area contributed by atoms with Crippen molar-refractivity contribution in [2.75, 3.05) is 5.73 Å². The maximum atomic E-state index is 5.20. The lowest BCUT2D eigenvalue weighted by Gasteiger charge is -1.88. The van der Waals surface area contributed by atoms with Gasteiger partial charge in [-0.25, -0.2) is 9.97 Å².